The molecular weight excluding hydrogens is 444 g/mol. The number of hydrogen-bond donors (Lipinski definition) is 1. The summed E-state index contributed by atoms with van der Waals surface area (Å²) in [6.07, 6.45) is 1.61. The SMILES string of the molecule is CN1CC2(C1)C(=O)N(Cc1nc3cc(Br)ccc3n1CCCCO)c1ccccc12. The molecule has 2 aliphatic rings. The fourth-order valence-corrected chi connectivity index (χ4v) is 5.33. The van der Waals surface area contributed by atoms with E-state index in [0.29, 0.717) is 6.54 Å². The summed E-state index contributed by atoms with van der Waals surface area (Å²) in [5, 5.41) is 9.21. The zero-order valence-corrected chi connectivity index (χ0v) is 18.6. The van der Waals surface area contributed by atoms with Crippen LogP contribution in [0.15, 0.2) is 46.9 Å². The van der Waals surface area contributed by atoms with Gasteiger partial charge in [-0.1, -0.05) is 34.1 Å². The molecule has 0 radical (unpaired) electrons. The lowest BCUT2D eigenvalue weighted by molar-refractivity contribution is -0.128. The molecule has 1 amide bonds. The summed E-state index contributed by atoms with van der Waals surface area (Å²) in [5.41, 5.74) is 3.71. The average Bonchev–Trinajstić information content (AvgIpc) is 3.16. The number of likely N-dealkylation sites (tertiary alicyclic amines) is 1. The predicted octanol–water partition coefficient (Wildman–Crippen LogP) is 3.30. The minimum atomic E-state index is -0.415. The first-order valence-corrected chi connectivity index (χ1v) is 11.2. The summed E-state index contributed by atoms with van der Waals surface area (Å²) in [6, 6.07) is 14.3. The van der Waals surface area contributed by atoms with Gasteiger partial charge >= 0.3 is 0 Å². The average molecular weight is 469 g/mol. The number of imidazole rings is 1. The molecule has 3 aromatic rings. The van der Waals surface area contributed by atoms with Crippen molar-refractivity contribution in [2.75, 3.05) is 31.6 Å². The maximum absolute atomic E-state index is 13.6. The van der Waals surface area contributed by atoms with Crippen molar-refractivity contribution in [1.29, 1.82) is 0 Å². The van der Waals surface area contributed by atoms with Gasteiger partial charge in [0.1, 0.15) is 11.2 Å². The van der Waals surface area contributed by atoms with E-state index in [-0.39, 0.29) is 12.5 Å². The maximum atomic E-state index is 13.6. The Morgan fingerprint density at radius 2 is 1.97 bits per heavy atom. The highest BCUT2D eigenvalue weighted by molar-refractivity contribution is 9.10. The second kappa shape index (κ2) is 7.48. The van der Waals surface area contributed by atoms with Crippen LogP contribution in [0.3, 0.4) is 0 Å². The van der Waals surface area contributed by atoms with Gasteiger partial charge in [-0.2, -0.15) is 0 Å². The van der Waals surface area contributed by atoms with Gasteiger partial charge in [-0.05, 0) is 49.7 Å². The van der Waals surface area contributed by atoms with Crippen LogP contribution < -0.4 is 4.90 Å². The topological polar surface area (TPSA) is 61.6 Å². The van der Waals surface area contributed by atoms with Gasteiger partial charge in [-0.15, -0.1) is 0 Å². The summed E-state index contributed by atoms with van der Waals surface area (Å²) in [5.74, 6) is 1.06. The Labute approximate surface area is 184 Å². The molecule has 7 heteroatoms. The Morgan fingerprint density at radius 3 is 2.73 bits per heavy atom. The van der Waals surface area contributed by atoms with Gasteiger partial charge in [-0.3, -0.25) is 4.79 Å². The molecule has 1 N–H and O–H groups in total. The predicted molar refractivity (Wildman–Crippen MR) is 121 cm³/mol. The molecule has 3 heterocycles. The Morgan fingerprint density at radius 1 is 1.17 bits per heavy atom. The van der Waals surface area contributed by atoms with Crippen LogP contribution in [0.1, 0.15) is 24.2 Å². The summed E-state index contributed by atoms with van der Waals surface area (Å²) < 4.78 is 3.19. The van der Waals surface area contributed by atoms with E-state index in [1.54, 1.807) is 0 Å². The molecule has 1 fully saturated rings. The minimum Gasteiger partial charge on any atom is -0.396 e. The number of unbranched alkanes of at least 4 members (excludes halogenated alkanes) is 1. The number of aryl methyl sites for hydroxylation is 1. The smallest absolute Gasteiger partial charge is 0.240 e. The zero-order valence-electron chi connectivity index (χ0n) is 17.0. The standard InChI is InChI=1S/C23H25BrN4O2/c1-26-14-23(15-26)17-6-2-3-7-19(17)28(22(23)30)13-21-25-18-12-16(24)8-9-20(18)27(21)10-4-5-11-29/h2-3,6-9,12,29H,4-5,10-11,13-15H2,1H3. The summed E-state index contributed by atoms with van der Waals surface area (Å²) in [7, 11) is 2.06. The van der Waals surface area contributed by atoms with Gasteiger partial charge in [0.05, 0.1) is 17.6 Å². The van der Waals surface area contributed by atoms with E-state index in [2.05, 4.69) is 50.6 Å². The molecule has 1 aromatic heterocycles. The Hall–Kier alpha value is -2.22. The van der Waals surface area contributed by atoms with Gasteiger partial charge in [0.15, 0.2) is 0 Å². The van der Waals surface area contributed by atoms with E-state index in [9.17, 15) is 9.90 Å². The minimum absolute atomic E-state index is 0.178. The molecule has 0 unspecified atom stereocenters. The van der Waals surface area contributed by atoms with Gasteiger partial charge in [-0.25, -0.2) is 4.98 Å². The first-order chi connectivity index (χ1) is 14.5. The van der Waals surface area contributed by atoms with Crippen LogP contribution in [0.4, 0.5) is 5.69 Å². The molecule has 30 heavy (non-hydrogen) atoms. The third-order valence-corrected chi connectivity index (χ3v) is 6.82. The van der Waals surface area contributed by atoms with E-state index < -0.39 is 5.41 Å². The van der Waals surface area contributed by atoms with Crippen molar-refractivity contribution in [2.24, 2.45) is 0 Å². The van der Waals surface area contributed by atoms with E-state index in [0.717, 1.165) is 65.1 Å². The van der Waals surface area contributed by atoms with Crippen LogP contribution in [0.25, 0.3) is 11.0 Å². The molecule has 5 rings (SSSR count). The van der Waals surface area contributed by atoms with Crippen molar-refractivity contribution in [1.82, 2.24) is 14.5 Å². The number of halogens is 1. The maximum Gasteiger partial charge on any atom is 0.240 e. The molecule has 0 atom stereocenters. The lowest BCUT2D eigenvalue weighted by Crippen LogP contribution is -2.62. The number of fused-ring (bicyclic) bond motifs is 3. The summed E-state index contributed by atoms with van der Waals surface area (Å²) >= 11 is 3.54. The largest absolute Gasteiger partial charge is 0.396 e. The lowest BCUT2D eigenvalue weighted by Gasteiger charge is -2.44. The number of nitrogens with zero attached hydrogens (tertiary/aromatic N) is 4. The van der Waals surface area contributed by atoms with Crippen molar-refractivity contribution in [2.45, 2.75) is 31.3 Å². The van der Waals surface area contributed by atoms with Crippen molar-refractivity contribution in [3.63, 3.8) is 0 Å². The van der Waals surface area contributed by atoms with Crippen LogP contribution in [-0.2, 0) is 23.3 Å². The van der Waals surface area contributed by atoms with E-state index in [1.165, 1.54) is 0 Å². The highest BCUT2D eigenvalue weighted by Crippen LogP contribution is 2.47. The van der Waals surface area contributed by atoms with Crippen molar-refractivity contribution >= 4 is 38.6 Å². The van der Waals surface area contributed by atoms with Crippen LogP contribution in [0.2, 0.25) is 0 Å². The molecule has 6 nitrogen and oxygen atoms in total. The Balaban J connectivity index is 1.54. The third-order valence-electron chi connectivity index (χ3n) is 6.32. The fraction of sp³-hybridized carbons (Fsp3) is 0.391. The number of anilines is 1. The molecule has 1 saturated heterocycles. The highest BCUT2D eigenvalue weighted by Gasteiger charge is 2.56. The first kappa shape index (κ1) is 19.7. The number of aromatic nitrogens is 2. The Bertz CT molecular complexity index is 1120. The molecule has 2 aliphatic heterocycles. The number of amides is 1. The van der Waals surface area contributed by atoms with E-state index >= 15 is 0 Å². The normalized spacial score (nSPS) is 17.7. The summed E-state index contributed by atoms with van der Waals surface area (Å²) in [6.45, 7) is 2.93. The first-order valence-electron chi connectivity index (χ1n) is 10.4. The third kappa shape index (κ3) is 2.99. The number of benzene rings is 2. The number of rotatable bonds is 6. The molecule has 0 saturated carbocycles. The number of aliphatic hydroxyl groups excluding tert-OH is 1. The molecular formula is C23H25BrN4O2. The number of carbonyl (C=O) groups excluding carboxylic acids is 1. The van der Waals surface area contributed by atoms with Gasteiger partial charge in [0, 0.05) is 36.4 Å². The monoisotopic (exact) mass is 468 g/mol. The molecule has 0 aliphatic carbocycles. The van der Waals surface area contributed by atoms with E-state index in [4.69, 9.17) is 4.98 Å². The number of para-hydroxylation sites is 1. The number of aliphatic hydroxyl groups is 1. The number of hydrogen-bond acceptors (Lipinski definition) is 4. The zero-order chi connectivity index (χ0) is 20.9. The number of carbonyl (C=O) groups is 1. The van der Waals surface area contributed by atoms with Gasteiger partial charge in [0.25, 0.3) is 0 Å². The van der Waals surface area contributed by atoms with Crippen molar-refractivity contribution < 1.29 is 9.90 Å². The van der Waals surface area contributed by atoms with Gasteiger partial charge in [0.2, 0.25) is 5.91 Å². The molecule has 2 aromatic carbocycles. The number of likely N-dealkylation sites (N-methyl/N-ethyl adjacent to an activating group) is 1. The van der Waals surface area contributed by atoms with E-state index in [1.807, 2.05) is 29.2 Å². The fourth-order valence-electron chi connectivity index (χ4n) is 4.98. The van der Waals surface area contributed by atoms with Crippen molar-refractivity contribution in [3.05, 3.63) is 58.3 Å². The second-order valence-corrected chi connectivity index (χ2v) is 9.32. The Kier molecular flexibility index (Phi) is 4.92. The molecule has 156 valence electrons. The highest BCUT2D eigenvalue weighted by atomic mass is 79.9. The quantitative estimate of drug-likeness (QED) is 0.563. The van der Waals surface area contributed by atoms with Crippen LogP contribution in [0, 0.1) is 0 Å². The molecule has 1 spiro atoms. The second-order valence-electron chi connectivity index (χ2n) is 8.41. The van der Waals surface area contributed by atoms with Crippen molar-refractivity contribution in [3.8, 4) is 0 Å². The summed E-state index contributed by atoms with van der Waals surface area (Å²) in [4.78, 5) is 22.6. The molecule has 0 bridgehead atoms. The van der Waals surface area contributed by atoms with Crippen LogP contribution >= 0.6 is 15.9 Å². The lowest BCUT2D eigenvalue weighted by atomic mass is 9.75. The van der Waals surface area contributed by atoms with Crippen LogP contribution in [-0.4, -0.2) is 52.2 Å². The van der Waals surface area contributed by atoms with Crippen LogP contribution in [0.5, 0.6) is 0 Å². The van der Waals surface area contributed by atoms with Gasteiger partial charge < -0.3 is 19.5 Å².